The zero-order valence-electron chi connectivity index (χ0n) is 9.04. The quantitative estimate of drug-likeness (QED) is 0.727. The molecule has 0 heterocycles. The molecule has 1 saturated carbocycles. The number of rotatable bonds is 5. The average Bonchev–Trinajstić information content (AvgIpc) is 2.66. The Morgan fingerprint density at radius 1 is 1.43 bits per heavy atom. The molecule has 0 radical (unpaired) electrons. The van der Waals surface area contributed by atoms with Crippen molar-refractivity contribution in [3.63, 3.8) is 0 Å². The lowest BCUT2D eigenvalue weighted by Gasteiger charge is -2.20. The van der Waals surface area contributed by atoms with Gasteiger partial charge in [0.2, 0.25) is 5.91 Å². The van der Waals surface area contributed by atoms with Gasteiger partial charge in [0.25, 0.3) is 0 Å². The van der Waals surface area contributed by atoms with Crippen molar-refractivity contribution in [2.24, 2.45) is 5.92 Å². The van der Waals surface area contributed by atoms with E-state index in [-0.39, 0.29) is 12.5 Å². The maximum Gasteiger partial charge on any atom is 0.222 e. The van der Waals surface area contributed by atoms with Crippen molar-refractivity contribution in [3.05, 3.63) is 0 Å². The Morgan fingerprint density at radius 2 is 2.07 bits per heavy atom. The lowest BCUT2D eigenvalue weighted by molar-refractivity contribution is -0.130. The van der Waals surface area contributed by atoms with Gasteiger partial charge >= 0.3 is 0 Å². The van der Waals surface area contributed by atoms with Crippen LogP contribution in [0.5, 0.6) is 0 Å². The second-order valence-electron chi connectivity index (χ2n) is 4.25. The molecule has 3 heteroatoms. The van der Waals surface area contributed by atoms with Crippen LogP contribution < -0.4 is 0 Å². The van der Waals surface area contributed by atoms with E-state index < -0.39 is 0 Å². The molecule has 1 aliphatic rings. The molecule has 1 amide bonds. The van der Waals surface area contributed by atoms with Crippen molar-refractivity contribution < 1.29 is 9.90 Å². The molecule has 1 aliphatic carbocycles. The highest BCUT2D eigenvalue weighted by molar-refractivity contribution is 5.75. The molecule has 14 heavy (non-hydrogen) atoms. The molecule has 1 fully saturated rings. The number of nitrogens with zero attached hydrogens (tertiary/aromatic N) is 1. The molecule has 0 spiro atoms. The first-order valence-corrected chi connectivity index (χ1v) is 5.59. The maximum absolute atomic E-state index is 11.5. The Balaban J connectivity index is 2.18. The lowest BCUT2D eigenvalue weighted by atomic mass is 10.1. The van der Waals surface area contributed by atoms with E-state index in [9.17, 15) is 4.79 Å². The summed E-state index contributed by atoms with van der Waals surface area (Å²) in [5.74, 6) is 0.893. The summed E-state index contributed by atoms with van der Waals surface area (Å²) in [6.07, 6.45) is 6.27. The van der Waals surface area contributed by atoms with Crippen molar-refractivity contribution in [2.45, 2.75) is 38.5 Å². The first-order valence-electron chi connectivity index (χ1n) is 5.59. The highest BCUT2D eigenvalue weighted by atomic mass is 16.3. The van der Waals surface area contributed by atoms with Gasteiger partial charge in [0.1, 0.15) is 0 Å². The summed E-state index contributed by atoms with van der Waals surface area (Å²) in [5, 5.41) is 8.61. The van der Waals surface area contributed by atoms with Crippen LogP contribution >= 0.6 is 0 Å². The van der Waals surface area contributed by atoms with E-state index in [0.717, 1.165) is 12.5 Å². The standard InChI is InChI=1S/C11H21NO2/c1-12(11(14)7-4-8-13)9-10-5-2-3-6-10/h10,13H,2-9H2,1H3. The van der Waals surface area contributed by atoms with Crippen LogP contribution in [0.2, 0.25) is 0 Å². The molecular formula is C11H21NO2. The molecule has 1 rings (SSSR count). The fraction of sp³-hybridized carbons (Fsp3) is 0.909. The van der Waals surface area contributed by atoms with Crippen LogP contribution in [-0.4, -0.2) is 36.1 Å². The molecule has 3 nitrogen and oxygen atoms in total. The van der Waals surface area contributed by atoms with Gasteiger partial charge in [-0.3, -0.25) is 4.79 Å². The number of aliphatic hydroxyl groups is 1. The first kappa shape index (κ1) is 11.5. The first-order chi connectivity index (χ1) is 6.74. The topological polar surface area (TPSA) is 40.5 Å². The van der Waals surface area contributed by atoms with Gasteiger partial charge < -0.3 is 10.0 Å². The molecule has 82 valence electrons. The molecule has 0 saturated heterocycles. The van der Waals surface area contributed by atoms with Crippen LogP contribution in [0.25, 0.3) is 0 Å². The Morgan fingerprint density at radius 3 is 2.64 bits per heavy atom. The lowest BCUT2D eigenvalue weighted by Crippen LogP contribution is -2.31. The van der Waals surface area contributed by atoms with Crippen LogP contribution in [0, 0.1) is 5.92 Å². The third-order valence-electron chi connectivity index (χ3n) is 2.98. The SMILES string of the molecule is CN(CC1CCCC1)C(=O)CCCO. The van der Waals surface area contributed by atoms with Crippen LogP contribution in [0.3, 0.4) is 0 Å². The number of aliphatic hydroxyl groups excluding tert-OH is 1. The maximum atomic E-state index is 11.5. The number of carbonyl (C=O) groups excluding carboxylic acids is 1. The van der Waals surface area contributed by atoms with Crippen molar-refractivity contribution in [2.75, 3.05) is 20.2 Å². The zero-order chi connectivity index (χ0) is 10.4. The van der Waals surface area contributed by atoms with E-state index in [1.807, 2.05) is 11.9 Å². The summed E-state index contributed by atoms with van der Waals surface area (Å²) in [4.78, 5) is 13.3. The van der Waals surface area contributed by atoms with E-state index in [1.165, 1.54) is 25.7 Å². The van der Waals surface area contributed by atoms with E-state index >= 15 is 0 Å². The Kier molecular flexibility index (Phi) is 4.94. The predicted octanol–water partition coefficient (Wildman–Crippen LogP) is 1.41. The Hall–Kier alpha value is -0.570. The zero-order valence-corrected chi connectivity index (χ0v) is 9.04. The smallest absolute Gasteiger partial charge is 0.222 e. The van der Waals surface area contributed by atoms with Gasteiger partial charge in [0.05, 0.1) is 0 Å². The van der Waals surface area contributed by atoms with Crippen LogP contribution in [-0.2, 0) is 4.79 Å². The third kappa shape index (κ3) is 3.66. The highest BCUT2D eigenvalue weighted by Gasteiger charge is 2.18. The second-order valence-corrected chi connectivity index (χ2v) is 4.25. The van der Waals surface area contributed by atoms with Gasteiger partial charge in [-0.25, -0.2) is 0 Å². The van der Waals surface area contributed by atoms with Gasteiger partial charge in [-0.15, -0.1) is 0 Å². The number of amides is 1. The highest BCUT2D eigenvalue weighted by Crippen LogP contribution is 2.25. The molecule has 0 unspecified atom stereocenters. The summed E-state index contributed by atoms with van der Waals surface area (Å²) >= 11 is 0. The van der Waals surface area contributed by atoms with Crippen LogP contribution in [0.4, 0.5) is 0 Å². The van der Waals surface area contributed by atoms with Gasteiger partial charge in [-0.2, -0.15) is 0 Å². The van der Waals surface area contributed by atoms with Gasteiger partial charge in [-0.05, 0) is 25.2 Å². The van der Waals surface area contributed by atoms with E-state index in [0.29, 0.717) is 12.8 Å². The van der Waals surface area contributed by atoms with Gasteiger partial charge in [0.15, 0.2) is 0 Å². The summed E-state index contributed by atoms with van der Waals surface area (Å²) < 4.78 is 0. The largest absolute Gasteiger partial charge is 0.396 e. The molecule has 0 aromatic carbocycles. The number of hydrogen-bond acceptors (Lipinski definition) is 2. The monoisotopic (exact) mass is 199 g/mol. The summed E-state index contributed by atoms with van der Waals surface area (Å²) in [6, 6.07) is 0. The molecule has 0 aliphatic heterocycles. The van der Waals surface area contributed by atoms with E-state index in [4.69, 9.17) is 5.11 Å². The van der Waals surface area contributed by atoms with Crippen molar-refractivity contribution >= 4 is 5.91 Å². The summed E-state index contributed by atoms with van der Waals surface area (Å²) in [6.45, 7) is 1.02. The fourth-order valence-corrected chi connectivity index (χ4v) is 2.10. The van der Waals surface area contributed by atoms with Crippen molar-refractivity contribution in [3.8, 4) is 0 Å². The third-order valence-corrected chi connectivity index (χ3v) is 2.98. The molecule has 0 bridgehead atoms. The molecule has 0 aromatic heterocycles. The Bertz CT molecular complexity index is 176. The van der Waals surface area contributed by atoms with Gasteiger partial charge in [-0.1, -0.05) is 12.8 Å². The number of hydrogen-bond donors (Lipinski definition) is 1. The van der Waals surface area contributed by atoms with Crippen molar-refractivity contribution in [1.29, 1.82) is 0 Å². The van der Waals surface area contributed by atoms with E-state index in [1.54, 1.807) is 0 Å². The molecule has 0 aromatic rings. The average molecular weight is 199 g/mol. The molecular weight excluding hydrogens is 178 g/mol. The van der Waals surface area contributed by atoms with Gasteiger partial charge in [0, 0.05) is 26.6 Å². The van der Waals surface area contributed by atoms with Crippen molar-refractivity contribution in [1.82, 2.24) is 4.90 Å². The van der Waals surface area contributed by atoms with Crippen LogP contribution in [0.1, 0.15) is 38.5 Å². The summed E-state index contributed by atoms with van der Waals surface area (Å²) in [5.41, 5.74) is 0. The van der Waals surface area contributed by atoms with Crippen LogP contribution in [0.15, 0.2) is 0 Å². The number of carbonyl (C=O) groups is 1. The fourth-order valence-electron chi connectivity index (χ4n) is 2.10. The predicted molar refractivity (Wildman–Crippen MR) is 55.9 cm³/mol. The molecule has 0 atom stereocenters. The molecule has 1 N–H and O–H groups in total. The minimum absolute atomic E-state index is 0.114. The van der Waals surface area contributed by atoms with E-state index in [2.05, 4.69) is 0 Å². The second kappa shape index (κ2) is 6.02. The minimum Gasteiger partial charge on any atom is -0.396 e. The normalized spacial score (nSPS) is 17.3. The Labute approximate surface area is 86.1 Å². The minimum atomic E-state index is 0.114. The summed E-state index contributed by atoms with van der Waals surface area (Å²) in [7, 11) is 1.87.